The largest absolute Gasteiger partial charge is 0.463 e. The Bertz CT molecular complexity index is 761. The lowest BCUT2D eigenvalue weighted by molar-refractivity contribution is -0.162. The predicted octanol–water partition coefficient (Wildman–Crippen LogP) is 2.24. The van der Waals surface area contributed by atoms with E-state index in [1.165, 1.54) is 24.3 Å². The van der Waals surface area contributed by atoms with Crippen LogP contribution in [0.4, 0.5) is 4.39 Å². The Kier molecular flexibility index (Phi) is 6.78. The van der Waals surface area contributed by atoms with Gasteiger partial charge in [-0.05, 0) is 36.7 Å². The SMILES string of the molecule is CN1CCN(CCCOC(=O)C(O)(c2ccccc2)c2ccc(F)cc2)CC1. The van der Waals surface area contributed by atoms with Gasteiger partial charge >= 0.3 is 5.97 Å². The van der Waals surface area contributed by atoms with Crippen LogP contribution in [0, 0.1) is 5.82 Å². The average Bonchev–Trinajstić information content (AvgIpc) is 2.73. The second-order valence-corrected chi connectivity index (χ2v) is 7.22. The fourth-order valence-corrected chi connectivity index (χ4v) is 3.40. The molecule has 1 unspecified atom stereocenters. The predicted molar refractivity (Wildman–Crippen MR) is 105 cm³/mol. The van der Waals surface area contributed by atoms with E-state index < -0.39 is 17.4 Å². The number of likely N-dealkylation sites (N-methyl/N-ethyl adjacent to an activating group) is 1. The number of halogens is 1. The second kappa shape index (κ2) is 9.28. The van der Waals surface area contributed by atoms with Crippen LogP contribution < -0.4 is 0 Å². The average molecular weight is 386 g/mol. The van der Waals surface area contributed by atoms with E-state index in [0.717, 1.165) is 32.7 Å². The van der Waals surface area contributed by atoms with Gasteiger partial charge in [-0.2, -0.15) is 0 Å². The molecule has 0 amide bonds. The molecule has 1 fully saturated rings. The lowest BCUT2D eigenvalue weighted by Gasteiger charge is -2.32. The maximum atomic E-state index is 13.3. The summed E-state index contributed by atoms with van der Waals surface area (Å²) in [4.78, 5) is 17.5. The number of carbonyl (C=O) groups is 1. The molecular formula is C22H27FN2O3. The summed E-state index contributed by atoms with van der Waals surface area (Å²) in [5.41, 5.74) is -1.29. The van der Waals surface area contributed by atoms with Crippen LogP contribution in [0.5, 0.6) is 0 Å². The highest BCUT2D eigenvalue weighted by Gasteiger charge is 2.41. The van der Waals surface area contributed by atoms with Crippen molar-refractivity contribution >= 4 is 5.97 Å². The van der Waals surface area contributed by atoms with Crippen LogP contribution in [-0.4, -0.2) is 67.3 Å². The van der Waals surface area contributed by atoms with Crippen molar-refractivity contribution in [2.24, 2.45) is 0 Å². The molecular weight excluding hydrogens is 359 g/mol. The number of carbonyl (C=O) groups excluding carboxylic acids is 1. The fourth-order valence-electron chi connectivity index (χ4n) is 3.40. The first-order valence-corrected chi connectivity index (χ1v) is 9.62. The number of piperazine rings is 1. The van der Waals surface area contributed by atoms with Crippen molar-refractivity contribution in [3.05, 3.63) is 71.5 Å². The molecule has 2 aromatic carbocycles. The minimum atomic E-state index is -1.97. The van der Waals surface area contributed by atoms with Crippen LogP contribution in [0.15, 0.2) is 54.6 Å². The van der Waals surface area contributed by atoms with E-state index >= 15 is 0 Å². The zero-order chi connectivity index (χ0) is 20.0. The molecule has 0 spiro atoms. The van der Waals surface area contributed by atoms with Gasteiger partial charge in [0.2, 0.25) is 5.60 Å². The van der Waals surface area contributed by atoms with Crippen LogP contribution >= 0.6 is 0 Å². The number of aliphatic hydroxyl groups is 1. The van der Waals surface area contributed by atoms with E-state index in [4.69, 9.17) is 4.74 Å². The normalized spacial score (nSPS) is 17.8. The summed E-state index contributed by atoms with van der Waals surface area (Å²) in [7, 11) is 2.11. The van der Waals surface area contributed by atoms with E-state index in [0.29, 0.717) is 12.0 Å². The molecule has 3 rings (SSSR count). The van der Waals surface area contributed by atoms with Gasteiger partial charge in [-0.25, -0.2) is 9.18 Å². The summed E-state index contributed by atoms with van der Waals surface area (Å²) in [6.45, 7) is 5.17. The monoisotopic (exact) mass is 386 g/mol. The quantitative estimate of drug-likeness (QED) is 0.584. The number of ether oxygens (including phenoxy) is 1. The van der Waals surface area contributed by atoms with Gasteiger partial charge in [0.15, 0.2) is 0 Å². The van der Waals surface area contributed by atoms with Gasteiger partial charge in [-0.1, -0.05) is 42.5 Å². The number of esters is 1. The van der Waals surface area contributed by atoms with Crippen LogP contribution in [-0.2, 0) is 15.1 Å². The van der Waals surface area contributed by atoms with Crippen molar-refractivity contribution in [3.63, 3.8) is 0 Å². The Morgan fingerprint density at radius 3 is 2.29 bits per heavy atom. The van der Waals surface area contributed by atoms with Crippen molar-refractivity contribution in [3.8, 4) is 0 Å². The third kappa shape index (κ3) is 4.76. The van der Waals surface area contributed by atoms with Gasteiger partial charge in [-0.15, -0.1) is 0 Å². The first-order chi connectivity index (χ1) is 13.5. The topological polar surface area (TPSA) is 53.0 Å². The molecule has 150 valence electrons. The maximum Gasteiger partial charge on any atom is 0.347 e. The fraction of sp³-hybridized carbons (Fsp3) is 0.409. The number of hydrogen-bond acceptors (Lipinski definition) is 5. The lowest BCUT2D eigenvalue weighted by Crippen LogP contribution is -2.45. The summed E-state index contributed by atoms with van der Waals surface area (Å²) in [6, 6.07) is 13.9. The van der Waals surface area contributed by atoms with Crippen molar-refractivity contribution in [1.29, 1.82) is 0 Å². The van der Waals surface area contributed by atoms with E-state index in [-0.39, 0.29) is 12.2 Å². The van der Waals surface area contributed by atoms with Crippen LogP contribution in [0.25, 0.3) is 0 Å². The number of hydrogen-bond donors (Lipinski definition) is 1. The molecule has 1 saturated heterocycles. The number of benzene rings is 2. The van der Waals surface area contributed by atoms with Crippen molar-refractivity contribution in [1.82, 2.24) is 9.80 Å². The molecule has 5 nitrogen and oxygen atoms in total. The molecule has 0 radical (unpaired) electrons. The highest BCUT2D eigenvalue weighted by atomic mass is 19.1. The zero-order valence-corrected chi connectivity index (χ0v) is 16.2. The lowest BCUT2D eigenvalue weighted by atomic mass is 9.86. The summed E-state index contributed by atoms with van der Waals surface area (Å²) in [5.74, 6) is -1.18. The third-order valence-electron chi connectivity index (χ3n) is 5.20. The van der Waals surface area contributed by atoms with Gasteiger partial charge in [0.05, 0.1) is 6.61 Å². The highest BCUT2D eigenvalue weighted by molar-refractivity contribution is 5.85. The molecule has 0 saturated carbocycles. The molecule has 6 heteroatoms. The van der Waals surface area contributed by atoms with Gasteiger partial charge in [-0.3, -0.25) is 0 Å². The molecule has 1 aliphatic rings. The summed E-state index contributed by atoms with van der Waals surface area (Å²) in [5, 5.41) is 11.3. The smallest absolute Gasteiger partial charge is 0.347 e. The van der Waals surface area contributed by atoms with Crippen LogP contribution in [0.2, 0.25) is 0 Å². The molecule has 0 aromatic heterocycles. The van der Waals surface area contributed by atoms with E-state index in [1.807, 2.05) is 0 Å². The van der Waals surface area contributed by atoms with Crippen molar-refractivity contribution in [2.45, 2.75) is 12.0 Å². The molecule has 1 atom stereocenters. The Hall–Kier alpha value is -2.28. The second-order valence-electron chi connectivity index (χ2n) is 7.22. The van der Waals surface area contributed by atoms with E-state index in [2.05, 4.69) is 16.8 Å². The Labute approximate surface area is 165 Å². The summed E-state index contributed by atoms with van der Waals surface area (Å²) < 4.78 is 18.8. The number of nitrogens with zero attached hydrogens (tertiary/aromatic N) is 2. The van der Waals surface area contributed by atoms with E-state index in [1.54, 1.807) is 30.3 Å². The molecule has 2 aromatic rings. The van der Waals surface area contributed by atoms with Gasteiger partial charge in [0, 0.05) is 32.7 Å². The highest BCUT2D eigenvalue weighted by Crippen LogP contribution is 2.31. The molecule has 28 heavy (non-hydrogen) atoms. The summed E-state index contributed by atoms with van der Waals surface area (Å²) >= 11 is 0. The molecule has 0 aliphatic carbocycles. The standard InChI is InChI=1S/C22H27FN2O3/c1-24-13-15-25(16-14-24)12-5-17-28-21(26)22(27,18-6-3-2-4-7-18)19-8-10-20(23)11-9-19/h2-4,6-11,27H,5,12-17H2,1H3. The third-order valence-corrected chi connectivity index (χ3v) is 5.20. The minimum absolute atomic E-state index is 0.224. The van der Waals surface area contributed by atoms with Crippen LogP contribution in [0.3, 0.4) is 0 Å². The van der Waals surface area contributed by atoms with Crippen LogP contribution in [0.1, 0.15) is 17.5 Å². The van der Waals surface area contributed by atoms with E-state index in [9.17, 15) is 14.3 Å². The minimum Gasteiger partial charge on any atom is -0.463 e. The van der Waals surface area contributed by atoms with Crippen molar-refractivity contribution in [2.75, 3.05) is 46.4 Å². The Balaban J connectivity index is 1.65. The molecule has 1 heterocycles. The van der Waals surface area contributed by atoms with Crippen molar-refractivity contribution < 1.29 is 19.0 Å². The first kappa shape index (κ1) is 20.5. The molecule has 1 aliphatic heterocycles. The molecule has 1 N–H and O–H groups in total. The Morgan fingerprint density at radius 2 is 1.64 bits per heavy atom. The Morgan fingerprint density at radius 1 is 1.04 bits per heavy atom. The maximum absolute atomic E-state index is 13.3. The first-order valence-electron chi connectivity index (χ1n) is 9.62. The van der Waals surface area contributed by atoms with Gasteiger partial charge < -0.3 is 19.6 Å². The molecule has 0 bridgehead atoms. The zero-order valence-electron chi connectivity index (χ0n) is 16.2. The van der Waals surface area contributed by atoms with Gasteiger partial charge in [0.25, 0.3) is 0 Å². The number of rotatable bonds is 7. The summed E-state index contributed by atoms with van der Waals surface area (Å²) in [6.07, 6.45) is 0.698. The van der Waals surface area contributed by atoms with Gasteiger partial charge in [0.1, 0.15) is 5.82 Å².